The molecule has 2 N–H and O–H groups in total. The fourth-order valence-corrected chi connectivity index (χ4v) is 2.45. The van der Waals surface area contributed by atoms with Crippen molar-refractivity contribution in [2.24, 2.45) is 11.1 Å². The van der Waals surface area contributed by atoms with Crippen LogP contribution in [0.3, 0.4) is 0 Å². The highest BCUT2D eigenvalue weighted by molar-refractivity contribution is 7.89. The van der Waals surface area contributed by atoms with Crippen molar-refractivity contribution in [3.05, 3.63) is 12.7 Å². The average molecular weight is 203 g/mol. The topological polar surface area (TPSA) is 60.2 Å². The van der Waals surface area contributed by atoms with Crippen molar-refractivity contribution in [1.82, 2.24) is 0 Å². The third kappa shape index (κ3) is 3.91. The summed E-state index contributed by atoms with van der Waals surface area (Å²) in [6, 6.07) is 0. The Morgan fingerprint density at radius 2 is 2.15 bits per heavy atom. The standard InChI is InChI=1S/C9H17NO2S/c1-2-3-4-9(13(10,11)12)7-8-5-6-8/h2,8-9H,1,3-7H2,(H2,10,11,12). The third-order valence-electron chi connectivity index (χ3n) is 2.45. The van der Waals surface area contributed by atoms with E-state index in [0.29, 0.717) is 12.3 Å². The SMILES string of the molecule is C=CCCC(CC1CC1)S(N)(=O)=O. The normalized spacial score (nSPS) is 19.8. The van der Waals surface area contributed by atoms with Crippen LogP contribution in [0.5, 0.6) is 0 Å². The zero-order valence-electron chi connectivity index (χ0n) is 7.78. The van der Waals surface area contributed by atoms with Crippen LogP contribution in [0.1, 0.15) is 32.1 Å². The summed E-state index contributed by atoms with van der Waals surface area (Å²) in [7, 11) is -3.34. The lowest BCUT2D eigenvalue weighted by molar-refractivity contribution is 0.550. The van der Waals surface area contributed by atoms with Gasteiger partial charge in [0.05, 0.1) is 5.25 Å². The van der Waals surface area contributed by atoms with Gasteiger partial charge in [-0.2, -0.15) is 0 Å². The van der Waals surface area contributed by atoms with Gasteiger partial charge in [-0.3, -0.25) is 0 Å². The predicted molar refractivity (Wildman–Crippen MR) is 53.7 cm³/mol. The van der Waals surface area contributed by atoms with Crippen LogP contribution in [-0.2, 0) is 10.0 Å². The second-order valence-electron chi connectivity index (χ2n) is 3.76. The lowest BCUT2D eigenvalue weighted by Gasteiger charge is -2.12. The Bertz CT molecular complexity index is 267. The molecule has 3 nitrogen and oxygen atoms in total. The molecule has 0 aromatic heterocycles. The van der Waals surface area contributed by atoms with Crippen molar-refractivity contribution >= 4 is 10.0 Å². The second-order valence-corrected chi connectivity index (χ2v) is 5.60. The van der Waals surface area contributed by atoms with Crippen molar-refractivity contribution in [3.63, 3.8) is 0 Å². The average Bonchev–Trinajstić information content (AvgIpc) is 2.78. The number of sulfonamides is 1. The van der Waals surface area contributed by atoms with Crippen LogP contribution in [0, 0.1) is 5.92 Å². The smallest absolute Gasteiger partial charge is 0.211 e. The Balaban J connectivity index is 2.46. The molecule has 1 aliphatic carbocycles. The van der Waals surface area contributed by atoms with Crippen LogP contribution in [-0.4, -0.2) is 13.7 Å². The van der Waals surface area contributed by atoms with Crippen LogP contribution in [0.4, 0.5) is 0 Å². The van der Waals surface area contributed by atoms with E-state index in [1.54, 1.807) is 6.08 Å². The van der Waals surface area contributed by atoms with Crippen molar-refractivity contribution in [2.45, 2.75) is 37.4 Å². The van der Waals surface area contributed by atoms with E-state index in [4.69, 9.17) is 5.14 Å². The largest absolute Gasteiger partial charge is 0.228 e. The van der Waals surface area contributed by atoms with Crippen LogP contribution >= 0.6 is 0 Å². The van der Waals surface area contributed by atoms with E-state index in [9.17, 15) is 8.42 Å². The predicted octanol–water partition coefficient (Wildman–Crippen LogP) is 1.41. The zero-order chi connectivity index (χ0) is 9.90. The zero-order valence-corrected chi connectivity index (χ0v) is 8.59. The van der Waals surface area contributed by atoms with E-state index in [1.807, 2.05) is 0 Å². The molecule has 1 saturated carbocycles. The molecule has 0 radical (unpaired) electrons. The first-order valence-electron chi connectivity index (χ1n) is 4.66. The van der Waals surface area contributed by atoms with Gasteiger partial charge in [-0.05, 0) is 25.2 Å². The number of hydrogen-bond donors (Lipinski definition) is 1. The Morgan fingerprint density at radius 3 is 2.54 bits per heavy atom. The second kappa shape index (κ2) is 4.24. The number of primary sulfonamides is 1. The van der Waals surface area contributed by atoms with Crippen LogP contribution in [0.2, 0.25) is 0 Å². The molecule has 0 saturated heterocycles. The van der Waals surface area contributed by atoms with Crippen LogP contribution in [0.15, 0.2) is 12.7 Å². The fourth-order valence-electron chi connectivity index (χ4n) is 1.45. The molecule has 0 aromatic carbocycles. The van der Waals surface area contributed by atoms with E-state index >= 15 is 0 Å². The highest BCUT2D eigenvalue weighted by atomic mass is 32.2. The van der Waals surface area contributed by atoms with Crippen molar-refractivity contribution in [1.29, 1.82) is 0 Å². The first-order valence-corrected chi connectivity index (χ1v) is 6.27. The molecule has 0 amide bonds. The lowest BCUT2D eigenvalue weighted by Crippen LogP contribution is -2.28. The summed E-state index contributed by atoms with van der Waals surface area (Å²) >= 11 is 0. The Morgan fingerprint density at radius 1 is 1.54 bits per heavy atom. The van der Waals surface area contributed by atoms with E-state index in [0.717, 1.165) is 12.8 Å². The molecule has 0 aromatic rings. The third-order valence-corrected chi connectivity index (χ3v) is 3.81. The molecule has 0 aliphatic heterocycles. The Labute approximate surface area is 80.1 Å². The highest BCUT2D eigenvalue weighted by Crippen LogP contribution is 2.35. The monoisotopic (exact) mass is 203 g/mol. The molecule has 1 atom stereocenters. The summed E-state index contributed by atoms with van der Waals surface area (Å²) in [6.07, 6.45) is 6.17. The van der Waals surface area contributed by atoms with Crippen molar-refractivity contribution in [3.8, 4) is 0 Å². The maximum atomic E-state index is 11.1. The minimum atomic E-state index is -3.34. The molecule has 1 fully saturated rings. The summed E-state index contributed by atoms with van der Waals surface area (Å²) in [5.74, 6) is 0.605. The molecular weight excluding hydrogens is 186 g/mol. The molecule has 0 heterocycles. The molecule has 76 valence electrons. The van der Waals surface area contributed by atoms with Gasteiger partial charge in [-0.15, -0.1) is 6.58 Å². The van der Waals surface area contributed by atoms with Gasteiger partial charge in [0.1, 0.15) is 0 Å². The summed E-state index contributed by atoms with van der Waals surface area (Å²) in [5.41, 5.74) is 0. The van der Waals surface area contributed by atoms with E-state index in [2.05, 4.69) is 6.58 Å². The van der Waals surface area contributed by atoms with Gasteiger partial charge < -0.3 is 0 Å². The van der Waals surface area contributed by atoms with Gasteiger partial charge in [0.25, 0.3) is 0 Å². The summed E-state index contributed by atoms with van der Waals surface area (Å²) in [5, 5.41) is 4.79. The van der Waals surface area contributed by atoms with Crippen LogP contribution in [0.25, 0.3) is 0 Å². The molecule has 1 aliphatic rings. The van der Waals surface area contributed by atoms with Gasteiger partial charge in [0, 0.05) is 0 Å². The summed E-state index contributed by atoms with van der Waals surface area (Å²) in [6.45, 7) is 3.57. The molecule has 0 bridgehead atoms. The summed E-state index contributed by atoms with van der Waals surface area (Å²) in [4.78, 5) is 0. The fraction of sp³-hybridized carbons (Fsp3) is 0.778. The van der Waals surface area contributed by atoms with Crippen LogP contribution < -0.4 is 5.14 Å². The van der Waals surface area contributed by atoms with E-state index < -0.39 is 10.0 Å². The molecule has 4 heteroatoms. The maximum absolute atomic E-state index is 11.1. The maximum Gasteiger partial charge on any atom is 0.211 e. The van der Waals surface area contributed by atoms with E-state index in [1.165, 1.54) is 12.8 Å². The molecule has 0 spiro atoms. The lowest BCUT2D eigenvalue weighted by atomic mass is 10.1. The van der Waals surface area contributed by atoms with Gasteiger partial charge >= 0.3 is 0 Å². The van der Waals surface area contributed by atoms with Gasteiger partial charge in [0.15, 0.2) is 0 Å². The number of rotatable bonds is 6. The molecular formula is C9H17NO2S. The van der Waals surface area contributed by atoms with Gasteiger partial charge in [0.2, 0.25) is 10.0 Å². The minimum absolute atomic E-state index is 0.349. The molecule has 1 rings (SSSR count). The van der Waals surface area contributed by atoms with Crippen molar-refractivity contribution < 1.29 is 8.42 Å². The quantitative estimate of drug-likeness (QED) is 0.663. The molecule has 1 unspecified atom stereocenters. The number of allylic oxidation sites excluding steroid dienone is 1. The first-order chi connectivity index (χ1) is 6.04. The molecule has 13 heavy (non-hydrogen) atoms. The Kier molecular flexibility index (Phi) is 3.50. The number of nitrogens with two attached hydrogens (primary N) is 1. The number of hydrogen-bond acceptors (Lipinski definition) is 2. The first kappa shape index (κ1) is 10.7. The van der Waals surface area contributed by atoms with E-state index in [-0.39, 0.29) is 5.25 Å². The minimum Gasteiger partial charge on any atom is -0.228 e. The highest BCUT2D eigenvalue weighted by Gasteiger charge is 2.30. The van der Waals surface area contributed by atoms with Crippen molar-refractivity contribution in [2.75, 3.05) is 0 Å². The Hall–Kier alpha value is -0.350. The van der Waals surface area contributed by atoms with Gasteiger partial charge in [-0.25, -0.2) is 13.6 Å². The summed E-state index contributed by atoms with van der Waals surface area (Å²) < 4.78 is 22.3. The van der Waals surface area contributed by atoms with Gasteiger partial charge in [-0.1, -0.05) is 18.9 Å².